The van der Waals surface area contributed by atoms with Gasteiger partial charge in [-0.2, -0.15) is 0 Å². The molecule has 1 aromatic carbocycles. The Balaban J connectivity index is 1.46. The summed E-state index contributed by atoms with van der Waals surface area (Å²) >= 11 is 2.41. The van der Waals surface area contributed by atoms with Crippen LogP contribution in [0.3, 0.4) is 0 Å². The fourth-order valence-electron chi connectivity index (χ4n) is 1.86. The second kappa shape index (κ2) is 7.57. The van der Waals surface area contributed by atoms with E-state index in [1.54, 1.807) is 0 Å². The van der Waals surface area contributed by atoms with Crippen molar-refractivity contribution in [2.24, 2.45) is 5.92 Å². The van der Waals surface area contributed by atoms with Crippen molar-refractivity contribution in [3.05, 3.63) is 34.4 Å². The Morgan fingerprint density at radius 2 is 1.96 bits per heavy atom. The molecular formula is C14H13N5O4S2. The summed E-state index contributed by atoms with van der Waals surface area (Å²) in [5, 5.41) is 24.1. The third-order valence-corrected chi connectivity index (χ3v) is 5.25. The first-order valence-corrected chi connectivity index (χ1v) is 9.13. The molecule has 2 amide bonds. The summed E-state index contributed by atoms with van der Waals surface area (Å²) in [6.45, 7) is 0. The van der Waals surface area contributed by atoms with Crippen LogP contribution < -0.4 is 10.6 Å². The molecule has 0 aliphatic heterocycles. The van der Waals surface area contributed by atoms with Gasteiger partial charge in [0.2, 0.25) is 16.9 Å². The molecule has 2 aromatic rings. The zero-order valence-corrected chi connectivity index (χ0v) is 14.4. The van der Waals surface area contributed by atoms with E-state index in [1.807, 2.05) is 0 Å². The van der Waals surface area contributed by atoms with Gasteiger partial charge in [0.05, 0.1) is 10.7 Å². The number of amides is 2. The second-order valence-electron chi connectivity index (χ2n) is 5.28. The van der Waals surface area contributed by atoms with Crippen LogP contribution in [0, 0.1) is 16.0 Å². The SMILES string of the molecule is O=C(CSc1nnc(NC(=O)C2CC2)s1)Nc1ccc([N+](=O)[O-])cc1. The van der Waals surface area contributed by atoms with E-state index < -0.39 is 4.92 Å². The van der Waals surface area contributed by atoms with Crippen molar-refractivity contribution in [1.29, 1.82) is 0 Å². The summed E-state index contributed by atoms with van der Waals surface area (Å²) in [4.78, 5) is 33.6. The molecule has 1 aliphatic rings. The van der Waals surface area contributed by atoms with Gasteiger partial charge in [0.15, 0.2) is 4.34 Å². The number of thioether (sulfide) groups is 1. The number of anilines is 2. The maximum absolute atomic E-state index is 11.9. The number of aromatic nitrogens is 2. The van der Waals surface area contributed by atoms with Crippen LogP contribution in [0.15, 0.2) is 28.6 Å². The minimum absolute atomic E-state index is 0.0383. The van der Waals surface area contributed by atoms with Crippen LogP contribution in [-0.2, 0) is 9.59 Å². The Labute approximate surface area is 150 Å². The second-order valence-corrected chi connectivity index (χ2v) is 7.48. The van der Waals surface area contributed by atoms with Gasteiger partial charge < -0.3 is 10.6 Å². The molecule has 1 fully saturated rings. The van der Waals surface area contributed by atoms with Crippen molar-refractivity contribution >= 4 is 51.4 Å². The molecule has 1 aromatic heterocycles. The fraction of sp³-hybridized carbons (Fsp3) is 0.286. The number of rotatable bonds is 7. The van der Waals surface area contributed by atoms with Gasteiger partial charge in [0, 0.05) is 23.7 Å². The lowest BCUT2D eigenvalue weighted by Crippen LogP contribution is -2.13. The van der Waals surface area contributed by atoms with Crippen molar-refractivity contribution in [2.45, 2.75) is 17.2 Å². The predicted molar refractivity (Wildman–Crippen MR) is 93.7 cm³/mol. The highest BCUT2D eigenvalue weighted by molar-refractivity contribution is 8.01. The summed E-state index contributed by atoms with van der Waals surface area (Å²) in [6.07, 6.45) is 1.82. The molecule has 130 valence electrons. The van der Waals surface area contributed by atoms with E-state index in [9.17, 15) is 19.7 Å². The lowest BCUT2D eigenvalue weighted by molar-refractivity contribution is -0.384. The zero-order chi connectivity index (χ0) is 17.8. The molecule has 1 saturated carbocycles. The van der Waals surface area contributed by atoms with Crippen molar-refractivity contribution < 1.29 is 14.5 Å². The van der Waals surface area contributed by atoms with Crippen LogP contribution in [0.4, 0.5) is 16.5 Å². The van der Waals surface area contributed by atoms with E-state index >= 15 is 0 Å². The maximum Gasteiger partial charge on any atom is 0.269 e. The average Bonchev–Trinajstić information content (AvgIpc) is 3.35. The number of hydrogen-bond acceptors (Lipinski definition) is 8. The monoisotopic (exact) mass is 379 g/mol. The first-order valence-electron chi connectivity index (χ1n) is 7.33. The molecule has 0 spiro atoms. The lowest BCUT2D eigenvalue weighted by atomic mass is 10.3. The molecule has 1 heterocycles. The third-order valence-electron chi connectivity index (χ3n) is 3.27. The van der Waals surface area contributed by atoms with E-state index in [-0.39, 0.29) is 29.2 Å². The molecule has 2 N–H and O–H groups in total. The number of nitrogens with one attached hydrogen (secondary N) is 2. The predicted octanol–water partition coefficient (Wildman–Crippen LogP) is 2.53. The van der Waals surface area contributed by atoms with E-state index in [0.29, 0.717) is 15.2 Å². The maximum atomic E-state index is 11.9. The average molecular weight is 379 g/mol. The van der Waals surface area contributed by atoms with E-state index in [4.69, 9.17) is 0 Å². The van der Waals surface area contributed by atoms with Gasteiger partial charge in [0.1, 0.15) is 0 Å². The van der Waals surface area contributed by atoms with E-state index in [0.717, 1.165) is 12.8 Å². The summed E-state index contributed by atoms with van der Waals surface area (Å²) in [5.41, 5.74) is 0.438. The largest absolute Gasteiger partial charge is 0.325 e. The Kier molecular flexibility index (Phi) is 5.24. The van der Waals surface area contributed by atoms with Gasteiger partial charge in [-0.1, -0.05) is 23.1 Å². The molecule has 0 radical (unpaired) electrons. The summed E-state index contributed by atoms with van der Waals surface area (Å²) in [6, 6.07) is 5.58. The van der Waals surface area contributed by atoms with E-state index in [1.165, 1.54) is 47.4 Å². The number of carbonyl (C=O) groups is 2. The first-order chi connectivity index (χ1) is 12.0. The normalized spacial score (nSPS) is 13.3. The highest BCUT2D eigenvalue weighted by Gasteiger charge is 2.30. The molecule has 3 rings (SSSR count). The molecule has 11 heteroatoms. The number of nitro groups is 1. The van der Waals surface area contributed by atoms with Gasteiger partial charge in [0.25, 0.3) is 5.69 Å². The highest BCUT2D eigenvalue weighted by atomic mass is 32.2. The minimum atomic E-state index is -0.503. The van der Waals surface area contributed by atoms with Crippen molar-refractivity contribution in [3.8, 4) is 0 Å². The molecule has 0 unspecified atom stereocenters. The molecule has 0 saturated heterocycles. The van der Waals surface area contributed by atoms with Crippen molar-refractivity contribution in [2.75, 3.05) is 16.4 Å². The topological polar surface area (TPSA) is 127 Å². The van der Waals surface area contributed by atoms with Crippen LogP contribution in [-0.4, -0.2) is 32.7 Å². The van der Waals surface area contributed by atoms with E-state index in [2.05, 4.69) is 20.8 Å². The number of nitrogens with zero attached hydrogens (tertiary/aromatic N) is 3. The van der Waals surface area contributed by atoms with Gasteiger partial charge in [-0.15, -0.1) is 10.2 Å². The zero-order valence-electron chi connectivity index (χ0n) is 12.8. The summed E-state index contributed by atoms with van der Waals surface area (Å²) < 4.78 is 0.574. The Hall–Kier alpha value is -2.53. The van der Waals surface area contributed by atoms with Crippen LogP contribution in [0.2, 0.25) is 0 Å². The number of nitro benzene ring substituents is 1. The molecule has 9 nitrogen and oxygen atoms in total. The Morgan fingerprint density at radius 3 is 2.60 bits per heavy atom. The number of hydrogen-bond donors (Lipinski definition) is 2. The van der Waals surface area contributed by atoms with Gasteiger partial charge in [-0.3, -0.25) is 19.7 Å². The van der Waals surface area contributed by atoms with Crippen LogP contribution in [0.1, 0.15) is 12.8 Å². The Morgan fingerprint density at radius 1 is 1.24 bits per heavy atom. The van der Waals surface area contributed by atoms with Crippen LogP contribution in [0.25, 0.3) is 0 Å². The molecule has 1 aliphatic carbocycles. The standard InChI is InChI=1S/C14H13N5O4S2/c20-11(15-9-3-5-10(6-4-9)19(22)23)7-24-14-18-17-13(25-14)16-12(21)8-1-2-8/h3-6,8H,1-2,7H2,(H,15,20)(H,16,17,21). The number of benzene rings is 1. The number of carbonyl (C=O) groups excluding carboxylic acids is 2. The quantitative estimate of drug-likeness (QED) is 0.327. The summed E-state index contributed by atoms with van der Waals surface area (Å²) in [7, 11) is 0. The van der Waals surface area contributed by atoms with Gasteiger partial charge >= 0.3 is 0 Å². The molecule has 25 heavy (non-hydrogen) atoms. The van der Waals surface area contributed by atoms with Crippen LogP contribution in [0.5, 0.6) is 0 Å². The minimum Gasteiger partial charge on any atom is -0.325 e. The molecule has 0 bridgehead atoms. The number of non-ortho nitro benzene ring substituents is 1. The van der Waals surface area contributed by atoms with Gasteiger partial charge in [-0.05, 0) is 25.0 Å². The van der Waals surface area contributed by atoms with Crippen molar-refractivity contribution in [1.82, 2.24) is 10.2 Å². The first kappa shape index (κ1) is 17.3. The van der Waals surface area contributed by atoms with Gasteiger partial charge in [-0.25, -0.2) is 0 Å². The highest BCUT2D eigenvalue weighted by Crippen LogP contribution is 2.31. The lowest BCUT2D eigenvalue weighted by Gasteiger charge is -2.03. The smallest absolute Gasteiger partial charge is 0.269 e. The summed E-state index contributed by atoms with van der Waals surface area (Å²) in [5.74, 6) is -0.101. The molecular weight excluding hydrogens is 366 g/mol. The third kappa shape index (κ3) is 4.97. The fourth-order valence-corrected chi connectivity index (χ4v) is 3.42. The molecule has 0 atom stereocenters. The van der Waals surface area contributed by atoms with Crippen LogP contribution >= 0.6 is 23.1 Å². The Bertz CT molecular complexity index is 804. The van der Waals surface area contributed by atoms with Crippen molar-refractivity contribution in [3.63, 3.8) is 0 Å².